The molecule has 0 radical (unpaired) electrons. The lowest BCUT2D eigenvalue weighted by atomic mass is 10.2. The van der Waals surface area contributed by atoms with E-state index in [0.29, 0.717) is 13.2 Å². The lowest BCUT2D eigenvalue weighted by Gasteiger charge is -2.06. The first-order valence-electron chi connectivity index (χ1n) is 6.62. The number of hydrogen-bond donors (Lipinski definition) is 3. The van der Waals surface area contributed by atoms with Gasteiger partial charge in [-0.25, -0.2) is 0 Å². The molecule has 5 nitrogen and oxygen atoms in total. The minimum absolute atomic E-state index is 0.276. The minimum atomic E-state index is 0.276. The van der Waals surface area contributed by atoms with Crippen LogP contribution in [0.3, 0.4) is 0 Å². The maximum Gasteiger partial charge on any atom is 0.0709 e. The number of unbranched alkanes of at least 4 members (excludes halogenated alkanes) is 6. The van der Waals surface area contributed by atoms with Crippen molar-refractivity contribution in [2.75, 3.05) is 26.4 Å². The Balaban J connectivity index is 2.85. The summed E-state index contributed by atoms with van der Waals surface area (Å²) in [4.78, 5) is 10.1. The SMILES string of the molecule is OCCCCCCONOCCCCCCO. The average Bonchev–Trinajstić information content (AvgIpc) is 2.35. The molecular formula is C12H27NO4. The molecule has 0 bridgehead atoms. The average molecular weight is 249 g/mol. The van der Waals surface area contributed by atoms with Crippen LogP contribution in [0.25, 0.3) is 0 Å². The molecule has 104 valence electrons. The van der Waals surface area contributed by atoms with Gasteiger partial charge in [0.15, 0.2) is 0 Å². The van der Waals surface area contributed by atoms with E-state index in [4.69, 9.17) is 19.9 Å². The summed E-state index contributed by atoms with van der Waals surface area (Å²) >= 11 is 0. The molecule has 0 atom stereocenters. The summed E-state index contributed by atoms with van der Waals surface area (Å²) < 4.78 is 0. The molecule has 0 saturated heterocycles. The van der Waals surface area contributed by atoms with Gasteiger partial charge in [0.2, 0.25) is 0 Å². The Morgan fingerprint density at radius 3 is 1.41 bits per heavy atom. The zero-order chi connectivity index (χ0) is 12.6. The van der Waals surface area contributed by atoms with E-state index in [1.165, 1.54) is 0 Å². The highest BCUT2D eigenvalue weighted by Crippen LogP contribution is 1.99. The summed E-state index contributed by atoms with van der Waals surface area (Å²) in [6.45, 7) is 1.82. The third kappa shape index (κ3) is 15.8. The summed E-state index contributed by atoms with van der Waals surface area (Å²) in [6, 6.07) is 0. The van der Waals surface area contributed by atoms with Gasteiger partial charge in [0.1, 0.15) is 0 Å². The Kier molecular flexibility index (Phi) is 15.6. The van der Waals surface area contributed by atoms with Crippen LogP contribution < -0.4 is 5.64 Å². The number of aliphatic hydroxyl groups is 2. The van der Waals surface area contributed by atoms with Gasteiger partial charge in [0, 0.05) is 13.2 Å². The molecule has 0 aromatic heterocycles. The van der Waals surface area contributed by atoms with E-state index in [-0.39, 0.29) is 13.2 Å². The summed E-state index contributed by atoms with van der Waals surface area (Å²) in [5, 5.41) is 17.1. The molecule has 3 N–H and O–H groups in total. The van der Waals surface area contributed by atoms with E-state index in [0.717, 1.165) is 51.4 Å². The minimum Gasteiger partial charge on any atom is -0.396 e. The van der Waals surface area contributed by atoms with Gasteiger partial charge < -0.3 is 10.2 Å². The van der Waals surface area contributed by atoms with Crippen LogP contribution in [0.5, 0.6) is 0 Å². The Morgan fingerprint density at radius 2 is 1.00 bits per heavy atom. The van der Waals surface area contributed by atoms with Gasteiger partial charge >= 0.3 is 0 Å². The van der Waals surface area contributed by atoms with Gasteiger partial charge in [-0.2, -0.15) is 0 Å². The predicted molar refractivity (Wildman–Crippen MR) is 66.1 cm³/mol. The second-order valence-corrected chi connectivity index (χ2v) is 4.06. The highest BCUT2D eigenvalue weighted by atomic mass is 16.9. The second-order valence-electron chi connectivity index (χ2n) is 4.06. The van der Waals surface area contributed by atoms with E-state index < -0.39 is 0 Å². The van der Waals surface area contributed by atoms with Crippen molar-refractivity contribution in [1.82, 2.24) is 5.64 Å². The topological polar surface area (TPSA) is 71.0 Å². The van der Waals surface area contributed by atoms with Crippen molar-refractivity contribution in [2.45, 2.75) is 51.4 Å². The van der Waals surface area contributed by atoms with Gasteiger partial charge in [-0.15, -0.1) is 0 Å². The van der Waals surface area contributed by atoms with Crippen molar-refractivity contribution in [3.8, 4) is 0 Å². The van der Waals surface area contributed by atoms with Crippen LogP contribution in [0, 0.1) is 0 Å². The van der Waals surface area contributed by atoms with Crippen LogP contribution in [-0.4, -0.2) is 36.6 Å². The number of aliphatic hydroxyl groups excluding tert-OH is 2. The Bertz CT molecular complexity index is 122. The molecule has 0 saturated carbocycles. The normalized spacial score (nSPS) is 10.9. The molecule has 0 aliphatic carbocycles. The molecule has 0 fully saturated rings. The van der Waals surface area contributed by atoms with Crippen LogP contribution in [0.2, 0.25) is 0 Å². The summed E-state index contributed by atoms with van der Waals surface area (Å²) in [5.74, 6) is 0. The molecule has 17 heavy (non-hydrogen) atoms. The summed E-state index contributed by atoms with van der Waals surface area (Å²) in [7, 11) is 0. The molecule has 0 aliphatic heterocycles. The second kappa shape index (κ2) is 15.8. The van der Waals surface area contributed by atoms with Crippen molar-refractivity contribution >= 4 is 0 Å². The van der Waals surface area contributed by atoms with Crippen molar-refractivity contribution in [1.29, 1.82) is 0 Å². The molecule has 0 aliphatic rings. The molecule has 0 heterocycles. The summed E-state index contributed by atoms with van der Waals surface area (Å²) in [6.07, 6.45) is 7.94. The first-order chi connectivity index (χ1) is 8.41. The van der Waals surface area contributed by atoms with Gasteiger partial charge in [-0.05, 0) is 25.7 Å². The van der Waals surface area contributed by atoms with Crippen LogP contribution in [0.15, 0.2) is 0 Å². The van der Waals surface area contributed by atoms with Gasteiger partial charge in [0.05, 0.1) is 13.2 Å². The maximum atomic E-state index is 8.57. The van der Waals surface area contributed by atoms with E-state index >= 15 is 0 Å². The van der Waals surface area contributed by atoms with Gasteiger partial charge in [0.25, 0.3) is 0 Å². The van der Waals surface area contributed by atoms with E-state index in [1.54, 1.807) is 0 Å². The summed E-state index contributed by atoms with van der Waals surface area (Å²) in [5.41, 5.74) is 2.47. The fourth-order valence-electron chi connectivity index (χ4n) is 1.40. The maximum absolute atomic E-state index is 8.57. The number of nitrogens with one attached hydrogen (secondary N) is 1. The Labute approximate surface area is 104 Å². The smallest absolute Gasteiger partial charge is 0.0709 e. The standard InChI is InChI=1S/C12H27NO4/c14-9-5-1-3-7-11-16-13-17-12-8-4-2-6-10-15/h13-15H,1-12H2. The van der Waals surface area contributed by atoms with Gasteiger partial charge in [-0.1, -0.05) is 31.3 Å². The van der Waals surface area contributed by atoms with Crippen molar-refractivity contribution in [3.63, 3.8) is 0 Å². The molecule has 0 aromatic carbocycles. The van der Waals surface area contributed by atoms with Crippen LogP contribution in [-0.2, 0) is 9.68 Å². The molecule has 5 heteroatoms. The quantitative estimate of drug-likeness (QED) is 0.322. The predicted octanol–water partition coefficient (Wildman–Crippen LogP) is 1.54. The lowest BCUT2D eigenvalue weighted by molar-refractivity contribution is -0.171. The third-order valence-corrected chi connectivity index (χ3v) is 2.43. The van der Waals surface area contributed by atoms with Crippen LogP contribution >= 0.6 is 0 Å². The third-order valence-electron chi connectivity index (χ3n) is 2.43. The molecule has 0 amide bonds. The molecular weight excluding hydrogens is 222 g/mol. The first-order valence-corrected chi connectivity index (χ1v) is 6.62. The fourth-order valence-corrected chi connectivity index (χ4v) is 1.40. The zero-order valence-electron chi connectivity index (χ0n) is 10.7. The van der Waals surface area contributed by atoms with Crippen LogP contribution in [0.1, 0.15) is 51.4 Å². The molecule has 0 spiro atoms. The largest absolute Gasteiger partial charge is 0.396 e. The van der Waals surface area contributed by atoms with Crippen molar-refractivity contribution < 1.29 is 19.9 Å². The number of hydrogen-bond acceptors (Lipinski definition) is 5. The molecule has 0 rings (SSSR count). The van der Waals surface area contributed by atoms with Crippen LogP contribution in [0.4, 0.5) is 0 Å². The fraction of sp³-hybridized carbons (Fsp3) is 1.00. The highest BCUT2D eigenvalue weighted by molar-refractivity contribution is 4.41. The van der Waals surface area contributed by atoms with E-state index in [2.05, 4.69) is 5.64 Å². The molecule has 0 unspecified atom stereocenters. The van der Waals surface area contributed by atoms with Crippen molar-refractivity contribution in [3.05, 3.63) is 0 Å². The number of rotatable bonds is 14. The monoisotopic (exact) mass is 249 g/mol. The van der Waals surface area contributed by atoms with E-state index in [1.807, 2.05) is 0 Å². The van der Waals surface area contributed by atoms with Gasteiger partial charge in [-0.3, -0.25) is 9.68 Å². The van der Waals surface area contributed by atoms with E-state index in [9.17, 15) is 0 Å². The Morgan fingerprint density at radius 1 is 0.588 bits per heavy atom. The first kappa shape index (κ1) is 16.8. The lowest BCUT2D eigenvalue weighted by Crippen LogP contribution is -2.16. The zero-order valence-corrected chi connectivity index (χ0v) is 10.7. The highest BCUT2D eigenvalue weighted by Gasteiger charge is 1.92. The molecule has 0 aromatic rings. The van der Waals surface area contributed by atoms with Crippen molar-refractivity contribution in [2.24, 2.45) is 0 Å². The Hall–Kier alpha value is -0.200.